The summed E-state index contributed by atoms with van der Waals surface area (Å²) in [6.07, 6.45) is 1.74. The van der Waals surface area contributed by atoms with Gasteiger partial charge in [0.1, 0.15) is 5.75 Å². The van der Waals surface area contributed by atoms with Crippen LogP contribution >= 0.6 is 23.2 Å². The largest absolute Gasteiger partial charge is 0.507 e. The van der Waals surface area contributed by atoms with E-state index in [-0.39, 0.29) is 18.1 Å². The molecule has 0 aromatic heterocycles. The van der Waals surface area contributed by atoms with E-state index < -0.39 is 0 Å². The Labute approximate surface area is 169 Å². The molecule has 27 heavy (non-hydrogen) atoms. The van der Waals surface area contributed by atoms with Crippen LogP contribution in [-0.4, -0.2) is 23.4 Å². The van der Waals surface area contributed by atoms with Gasteiger partial charge in [-0.1, -0.05) is 35.3 Å². The Kier molecular flexibility index (Phi) is 7.45. The van der Waals surface area contributed by atoms with Crippen LogP contribution < -0.4 is 0 Å². The van der Waals surface area contributed by atoms with Gasteiger partial charge in [-0.25, -0.2) is 0 Å². The number of aryl methyl sites for hydroxylation is 1. The molecule has 0 fully saturated rings. The van der Waals surface area contributed by atoms with Gasteiger partial charge >= 0.3 is 5.97 Å². The van der Waals surface area contributed by atoms with Crippen molar-refractivity contribution in [2.24, 2.45) is 4.99 Å². The number of nitrogens with zero attached hydrogens (tertiary/aromatic N) is 1. The first kappa shape index (κ1) is 21.0. The number of rotatable bonds is 6. The van der Waals surface area contributed by atoms with Gasteiger partial charge in [0.25, 0.3) is 0 Å². The molecule has 0 saturated heterocycles. The van der Waals surface area contributed by atoms with E-state index in [0.717, 1.165) is 11.1 Å². The Balaban J connectivity index is 2.51. The lowest BCUT2D eigenvalue weighted by Gasteiger charge is -2.12. The summed E-state index contributed by atoms with van der Waals surface area (Å²) >= 11 is 12.2. The van der Waals surface area contributed by atoms with Crippen LogP contribution in [0.15, 0.2) is 53.2 Å². The maximum Gasteiger partial charge on any atom is 0.309 e. The number of halogens is 2. The molecule has 0 bridgehead atoms. The predicted octanol–water partition coefficient (Wildman–Crippen LogP) is 5.70. The van der Waals surface area contributed by atoms with E-state index in [1.165, 1.54) is 0 Å². The first-order chi connectivity index (χ1) is 12.8. The standard InChI is InChI=1S/C21H21Cl2NO3/c1-4-27-19(25)9-13(2)12-24-20(15-5-7-16(22)8-6-15)18-11-17(23)10-14(3)21(18)26/h5-8,10-12,26H,4,9H2,1-3H3/b13-12+,24-20?. The Hall–Kier alpha value is -2.30. The van der Waals surface area contributed by atoms with Crippen LogP contribution in [0.5, 0.6) is 5.75 Å². The molecule has 0 aliphatic heterocycles. The number of carbonyl (C=O) groups is 1. The number of phenols is 1. The minimum atomic E-state index is -0.309. The van der Waals surface area contributed by atoms with E-state index in [1.807, 2.05) is 12.1 Å². The summed E-state index contributed by atoms with van der Waals surface area (Å²) in [5.74, 6) is -0.208. The quantitative estimate of drug-likeness (QED) is 0.494. The molecule has 2 aromatic carbocycles. The molecule has 2 rings (SSSR count). The van der Waals surface area contributed by atoms with Crippen molar-refractivity contribution in [1.29, 1.82) is 0 Å². The fourth-order valence-corrected chi connectivity index (χ4v) is 2.88. The summed E-state index contributed by atoms with van der Waals surface area (Å²) in [7, 11) is 0. The van der Waals surface area contributed by atoms with Crippen molar-refractivity contribution in [3.05, 3.63) is 74.9 Å². The van der Waals surface area contributed by atoms with E-state index in [1.54, 1.807) is 51.2 Å². The molecule has 142 valence electrons. The minimum Gasteiger partial charge on any atom is -0.507 e. The van der Waals surface area contributed by atoms with E-state index in [4.69, 9.17) is 27.9 Å². The number of aromatic hydroxyl groups is 1. The first-order valence-corrected chi connectivity index (χ1v) is 9.22. The lowest BCUT2D eigenvalue weighted by molar-refractivity contribution is -0.142. The van der Waals surface area contributed by atoms with E-state index in [0.29, 0.717) is 33.5 Å². The van der Waals surface area contributed by atoms with Gasteiger partial charge in [-0.2, -0.15) is 0 Å². The molecular formula is C21H21Cl2NO3. The Morgan fingerprint density at radius 2 is 1.85 bits per heavy atom. The zero-order chi connectivity index (χ0) is 20.0. The number of aliphatic imine (C=N–C) groups is 1. The fraction of sp³-hybridized carbons (Fsp3) is 0.238. The molecule has 0 amide bonds. The van der Waals surface area contributed by atoms with Gasteiger partial charge in [0.2, 0.25) is 0 Å². The molecule has 0 aliphatic rings. The summed E-state index contributed by atoms with van der Waals surface area (Å²) in [5.41, 5.74) is 3.17. The number of ether oxygens (including phenoxy) is 1. The molecule has 6 heteroatoms. The molecule has 0 heterocycles. The molecule has 0 spiro atoms. The highest BCUT2D eigenvalue weighted by molar-refractivity contribution is 6.32. The average molecular weight is 406 g/mol. The Morgan fingerprint density at radius 1 is 1.19 bits per heavy atom. The van der Waals surface area contributed by atoms with E-state index in [9.17, 15) is 9.90 Å². The normalized spacial score (nSPS) is 12.2. The Morgan fingerprint density at radius 3 is 2.48 bits per heavy atom. The van der Waals surface area contributed by atoms with Crippen LogP contribution in [0.3, 0.4) is 0 Å². The second kappa shape index (κ2) is 9.58. The molecule has 0 radical (unpaired) electrons. The van der Waals surface area contributed by atoms with Crippen molar-refractivity contribution < 1.29 is 14.6 Å². The third-order valence-corrected chi connectivity index (χ3v) is 4.25. The van der Waals surface area contributed by atoms with Crippen molar-refractivity contribution in [1.82, 2.24) is 0 Å². The third kappa shape index (κ3) is 5.84. The lowest BCUT2D eigenvalue weighted by atomic mass is 9.99. The highest BCUT2D eigenvalue weighted by Crippen LogP contribution is 2.29. The maximum absolute atomic E-state index is 11.6. The van der Waals surface area contributed by atoms with Crippen molar-refractivity contribution in [2.45, 2.75) is 27.2 Å². The number of hydrogen-bond acceptors (Lipinski definition) is 4. The van der Waals surface area contributed by atoms with E-state index in [2.05, 4.69) is 4.99 Å². The average Bonchev–Trinajstić information content (AvgIpc) is 2.60. The summed E-state index contributed by atoms with van der Waals surface area (Å²) in [6.45, 7) is 5.66. The SMILES string of the molecule is CCOC(=O)C/C(C)=C/N=C(c1ccc(Cl)cc1)c1cc(Cl)cc(C)c1O. The van der Waals surface area contributed by atoms with E-state index >= 15 is 0 Å². The van der Waals surface area contributed by atoms with Crippen molar-refractivity contribution >= 4 is 34.9 Å². The van der Waals surface area contributed by atoms with Gasteiger partial charge in [-0.3, -0.25) is 9.79 Å². The van der Waals surface area contributed by atoms with Gasteiger partial charge in [-0.05, 0) is 56.2 Å². The molecule has 0 aliphatic carbocycles. The summed E-state index contributed by atoms with van der Waals surface area (Å²) in [6, 6.07) is 10.5. The monoisotopic (exact) mass is 405 g/mol. The number of phenolic OH excluding ortho intramolecular Hbond substituents is 1. The molecule has 0 atom stereocenters. The van der Waals surface area contributed by atoms with Gasteiger partial charge in [-0.15, -0.1) is 0 Å². The predicted molar refractivity (Wildman–Crippen MR) is 110 cm³/mol. The summed E-state index contributed by atoms with van der Waals surface area (Å²) in [4.78, 5) is 16.2. The first-order valence-electron chi connectivity index (χ1n) is 8.46. The smallest absolute Gasteiger partial charge is 0.309 e. The van der Waals surface area contributed by atoms with Crippen LogP contribution in [0.1, 0.15) is 37.0 Å². The van der Waals surface area contributed by atoms with Crippen molar-refractivity contribution in [3.63, 3.8) is 0 Å². The topological polar surface area (TPSA) is 58.9 Å². The van der Waals surface area contributed by atoms with Gasteiger partial charge < -0.3 is 9.84 Å². The molecule has 2 aromatic rings. The van der Waals surface area contributed by atoms with Gasteiger partial charge in [0.15, 0.2) is 0 Å². The minimum absolute atomic E-state index is 0.101. The molecule has 1 N–H and O–H groups in total. The number of benzene rings is 2. The van der Waals surface area contributed by atoms with Gasteiger partial charge in [0, 0.05) is 27.4 Å². The van der Waals surface area contributed by atoms with Crippen LogP contribution in [0.2, 0.25) is 10.0 Å². The highest BCUT2D eigenvalue weighted by atomic mass is 35.5. The summed E-state index contributed by atoms with van der Waals surface area (Å²) < 4.78 is 4.95. The van der Waals surface area contributed by atoms with Crippen LogP contribution in [0.25, 0.3) is 0 Å². The second-order valence-electron chi connectivity index (χ2n) is 6.06. The van der Waals surface area contributed by atoms with Gasteiger partial charge in [0.05, 0.1) is 18.7 Å². The Bertz CT molecular complexity index is 887. The molecule has 4 nitrogen and oxygen atoms in total. The second-order valence-corrected chi connectivity index (χ2v) is 6.93. The fourth-order valence-electron chi connectivity index (χ4n) is 2.48. The lowest BCUT2D eigenvalue weighted by Crippen LogP contribution is -2.05. The maximum atomic E-state index is 11.6. The molecule has 0 saturated carbocycles. The summed E-state index contributed by atoms with van der Waals surface area (Å²) in [5, 5.41) is 11.6. The molecule has 0 unspecified atom stereocenters. The van der Waals surface area contributed by atoms with Crippen molar-refractivity contribution in [3.8, 4) is 5.75 Å². The zero-order valence-corrected chi connectivity index (χ0v) is 16.9. The third-order valence-electron chi connectivity index (χ3n) is 3.78. The number of hydrogen-bond donors (Lipinski definition) is 1. The highest BCUT2D eigenvalue weighted by Gasteiger charge is 2.15. The molecular weight excluding hydrogens is 385 g/mol. The van der Waals surface area contributed by atoms with Crippen LogP contribution in [0, 0.1) is 6.92 Å². The zero-order valence-electron chi connectivity index (χ0n) is 15.4. The van der Waals surface area contributed by atoms with Crippen LogP contribution in [0.4, 0.5) is 0 Å². The van der Waals surface area contributed by atoms with Crippen LogP contribution in [-0.2, 0) is 9.53 Å². The number of carbonyl (C=O) groups excluding carboxylic acids is 1. The van der Waals surface area contributed by atoms with Crippen molar-refractivity contribution in [2.75, 3.05) is 6.61 Å². The number of esters is 1.